The monoisotopic (exact) mass is 488 g/mol. The lowest BCUT2D eigenvalue weighted by Crippen LogP contribution is -2.37. The van der Waals surface area contributed by atoms with Crippen LogP contribution < -0.4 is 10.6 Å². The normalized spacial score (nSPS) is 17.4. The summed E-state index contributed by atoms with van der Waals surface area (Å²) in [4.78, 5) is 23.9. The van der Waals surface area contributed by atoms with Crippen molar-refractivity contribution in [3.63, 3.8) is 0 Å². The summed E-state index contributed by atoms with van der Waals surface area (Å²) >= 11 is 11.7. The van der Waals surface area contributed by atoms with E-state index in [-0.39, 0.29) is 24.5 Å². The molecule has 9 heteroatoms. The van der Waals surface area contributed by atoms with Crippen LogP contribution in [0.2, 0.25) is 5.02 Å². The zero-order valence-electron chi connectivity index (χ0n) is 18.0. The van der Waals surface area contributed by atoms with Gasteiger partial charge in [-0.2, -0.15) is 0 Å². The number of hydrogen-bond donors (Lipinski definition) is 2. The molecule has 170 valence electrons. The highest BCUT2D eigenvalue weighted by Crippen LogP contribution is 2.39. The van der Waals surface area contributed by atoms with Crippen molar-refractivity contribution in [3.8, 4) is 5.82 Å². The van der Waals surface area contributed by atoms with Gasteiger partial charge in [0, 0.05) is 30.0 Å². The number of carbonyl (C=O) groups is 1. The largest absolute Gasteiger partial charge is 0.352 e. The Morgan fingerprint density at radius 1 is 1.03 bits per heavy atom. The molecule has 0 spiro atoms. The van der Waals surface area contributed by atoms with Crippen molar-refractivity contribution in [2.45, 2.75) is 12.1 Å². The molecule has 0 bridgehead atoms. The summed E-state index contributed by atoms with van der Waals surface area (Å²) in [5.74, 6) is 0.556. The Hall–Kier alpha value is -3.75. The Kier molecular flexibility index (Phi) is 6.24. The Labute approximate surface area is 207 Å². The van der Waals surface area contributed by atoms with Crippen molar-refractivity contribution in [3.05, 3.63) is 108 Å². The van der Waals surface area contributed by atoms with Crippen molar-refractivity contribution in [2.24, 2.45) is 0 Å². The predicted octanol–water partition coefficient (Wildman–Crippen LogP) is 4.53. The Morgan fingerprint density at radius 3 is 2.59 bits per heavy atom. The van der Waals surface area contributed by atoms with E-state index in [1.54, 1.807) is 18.5 Å². The molecule has 7 nitrogen and oxygen atoms in total. The third-order valence-corrected chi connectivity index (χ3v) is 6.19. The third kappa shape index (κ3) is 4.50. The zero-order chi connectivity index (χ0) is 23.5. The second kappa shape index (κ2) is 9.62. The molecule has 34 heavy (non-hydrogen) atoms. The van der Waals surface area contributed by atoms with Crippen LogP contribution >= 0.6 is 23.8 Å². The Balaban J connectivity index is 1.51. The van der Waals surface area contributed by atoms with Crippen molar-refractivity contribution in [2.75, 3.05) is 11.9 Å². The molecule has 0 aliphatic carbocycles. The van der Waals surface area contributed by atoms with Crippen LogP contribution in [0.3, 0.4) is 0 Å². The summed E-state index contributed by atoms with van der Waals surface area (Å²) in [6, 6.07) is 22.2. The second-order valence-corrected chi connectivity index (χ2v) is 8.63. The lowest BCUT2D eigenvalue weighted by Gasteiger charge is -2.28. The fraction of sp³-hybridized carbons (Fsp3) is 0.120. The Bertz CT molecular complexity index is 1300. The van der Waals surface area contributed by atoms with Crippen LogP contribution in [0.5, 0.6) is 0 Å². The van der Waals surface area contributed by atoms with Crippen LogP contribution in [0.4, 0.5) is 5.69 Å². The lowest BCUT2D eigenvalue weighted by atomic mass is 10.0. The number of rotatable bonds is 6. The van der Waals surface area contributed by atoms with E-state index in [2.05, 4.69) is 20.6 Å². The molecule has 5 rings (SSSR count). The molecule has 4 aromatic rings. The fourth-order valence-corrected chi connectivity index (χ4v) is 4.55. The standard InChI is InChI=1S/C25H21ClN6OS/c26-17-11-12-21(28-15-17)31-14-6-10-20(31)24-23(19-9-4-5-13-27-19)30-25(34)32(24)16-22(33)29-18-7-2-1-3-8-18/h1-15,23-24H,16H2,(H,29,33)(H,30,34)/t23-,24+/m1/s1. The summed E-state index contributed by atoms with van der Waals surface area (Å²) in [5, 5.41) is 7.37. The number of carbonyl (C=O) groups excluding carboxylic acids is 1. The van der Waals surface area contributed by atoms with Crippen LogP contribution in [0.25, 0.3) is 5.82 Å². The van der Waals surface area contributed by atoms with E-state index < -0.39 is 0 Å². The molecule has 0 unspecified atom stereocenters. The number of halogens is 1. The number of pyridine rings is 2. The minimum absolute atomic E-state index is 0.0773. The highest BCUT2D eigenvalue weighted by atomic mass is 35.5. The van der Waals surface area contributed by atoms with E-state index in [4.69, 9.17) is 23.8 Å². The van der Waals surface area contributed by atoms with E-state index in [1.165, 1.54) is 0 Å². The molecular weight excluding hydrogens is 468 g/mol. The van der Waals surface area contributed by atoms with Gasteiger partial charge < -0.3 is 20.1 Å². The lowest BCUT2D eigenvalue weighted by molar-refractivity contribution is -0.116. The van der Waals surface area contributed by atoms with E-state index in [0.29, 0.717) is 10.1 Å². The number of benzene rings is 1. The average molecular weight is 489 g/mol. The number of hydrogen-bond acceptors (Lipinski definition) is 4. The summed E-state index contributed by atoms with van der Waals surface area (Å²) in [7, 11) is 0. The maximum atomic E-state index is 13.0. The smallest absolute Gasteiger partial charge is 0.244 e. The van der Waals surface area contributed by atoms with E-state index in [1.807, 2.05) is 82.4 Å². The Morgan fingerprint density at radius 2 is 1.85 bits per heavy atom. The first-order valence-electron chi connectivity index (χ1n) is 10.7. The predicted molar refractivity (Wildman–Crippen MR) is 136 cm³/mol. The van der Waals surface area contributed by atoms with Gasteiger partial charge in [-0.1, -0.05) is 35.9 Å². The highest BCUT2D eigenvalue weighted by molar-refractivity contribution is 7.80. The van der Waals surface area contributed by atoms with Crippen LogP contribution in [0.1, 0.15) is 23.5 Å². The third-order valence-electron chi connectivity index (χ3n) is 5.61. The molecular formula is C25H21ClN6OS. The minimum Gasteiger partial charge on any atom is -0.352 e. The highest BCUT2D eigenvalue weighted by Gasteiger charge is 2.42. The fourth-order valence-electron chi connectivity index (χ4n) is 4.13. The summed E-state index contributed by atoms with van der Waals surface area (Å²) in [6.07, 6.45) is 5.30. The quantitative estimate of drug-likeness (QED) is 0.388. The maximum absolute atomic E-state index is 13.0. The van der Waals surface area contributed by atoms with Gasteiger partial charge in [0.05, 0.1) is 22.8 Å². The van der Waals surface area contributed by atoms with E-state index >= 15 is 0 Å². The van der Waals surface area contributed by atoms with Gasteiger partial charge in [0.2, 0.25) is 5.91 Å². The molecule has 1 fully saturated rings. The molecule has 3 aromatic heterocycles. The van der Waals surface area contributed by atoms with Crippen LogP contribution in [0.15, 0.2) is 91.4 Å². The van der Waals surface area contributed by atoms with Crippen molar-refractivity contribution >= 4 is 40.5 Å². The molecule has 1 amide bonds. The molecule has 4 heterocycles. The molecule has 1 saturated heterocycles. The number of thiocarbonyl (C=S) groups is 1. The summed E-state index contributed by atoms with van der Waals surface area (Å²) in [5.41, 5.74) is 2.49. The van der Waals surface area contributed by atoms with E-state index in [9.17, 15) is 4.79 Å². The maximum Gasteiger partial charge on any atom is 0.244 e. The van der Waals surface area contributed by atoms with E-state index in [0.717, 1.165) is 22.9 Å². The molecule has 1 aliphatic rings. The van der Waals surface area contributed by atoms with Gasteiger partial charge in [0.1, 0.15) is 12.4 Å². The van der Waals surface area contributed by atoms with Crippen LogP contribution in [0, 0.1) is 0 Å². The first kappa shape index (κ1) is 22.1. The SMILES string of the molecule is O=C(CN1C(=S)N[C@H](c2ccccn2)[C@@H]1c1cccn1-c1ccc(Cl)cn1)Nc1ccccc1. The summed E-state index contributed by atoms with van der Waals surface area (Å²) < 4.78 is 1.98. The molecule has 0 saturated carbocycles. The number of nitrogens with zero attached hydrogens (tertiary/aromatic N) is 4. The van der Waals surface area contributed by atoms with Gasteiger partial charge in [-0.3, -0.25) is 9.78 Å². The number of aromatic nitrogens is 3. The molecule has 0 radical (unpaired) electrons. The van der Waals surface area contributed by atoms with Crippen molar-refractivity contribution in [1.82, 2.24) is 24.8 Å². The van der Waals surface area contributed by atoms with Gasteiger partial charge in [0.25, 0.3) is 0 Å². The zero-order valence-corrected chi connectivity index (χ0v) is 19.6. The van der Waals surface area contributed by atoms with Crippen LogP contribution in [-0.2, 0) is 4.79 Å². The second-order valence-electron chi connectivity index (χ2n) is 7.81. The topological polar surface area (TPSA) is 75.1 Å². The van der Waals surface area contributed by atoms with Crippen molar-refractivity contribution in [1.29, 1.82) is 0 Å². The average Bonchev–Trinajstić information content (AvgIpc) is 3.45. The summed E-state index contributed by atoms with van der Waals surface area (Å²) in [6.45, 7) is 0.0773. The number of anilines is 1. The first-order valence-corrected chi connectivity index (χ1v) is 11.5. The molecule has 1 aromatic carbocycles. The van der Waals surface area contributed by atoms with Crippen molar-refractivity contribution < 1.29 is 4.79 Å². The molecule has 2 N–H and O–H groups in total. The van der Waals surface area contributed by atoms with Gasteiger partial charge in [-0.05, 0) is 60.7 Å². The van der Waals surface area contributed by atoms with Gasteiger partial charge >= 0.3 is 0 Å². The number of nitrogens with one attached hydrogen (secondary N) is 2. The van der Waals surface area contributed by atoms with Gasteiger partial charge in [0.15, 0.2) is 5.11 Å². The number of amides is 1. The number of para-hydroxylation sites is 1. The minimum atomic E-state index is -0.295. The first-order chi connectivity index (χ1) is 16.6. The van der Waals surface area contributed by atoms with Gasteiger partial charge in [-0.25, -0.2) is 4.98 Å². The van der Waals surface area contributed by atoms with Gasteiger partial charge in [-0.15, -0.1) is 0 Å². The molecule has 1 aliphatic heterocycles. The molecule has 2 atom stereocenters. The van der Waals surface area contributed by atoms with Crippen LogP contribution in [-0.4, -0.2) is 37.0 Å².